The normalized spacial score (nSPS) is 15.6. The molecule has 1 aromatic rings. The van der Waals surface area contributed by atoms with Crippen LogP contribution in [0.3, 0.4) is 0 Å². The van der Waals surface area contributed by atoms with Gasteiger partial charge in [-0.2, -0.15) is 0 Å². The van der Waals surface area contributed by atoms with Crippen LogP contribution in [0, 0.1) is 5.92 Å². The zero-order valence-electron chi connectivity index (χ0n) is 14.2. The summed E-state index contributed by atoms with van der Waals surface area (Å²) in [4.78, 5) is 14.6. The number of carbonyl (C=O) groups excluding carboxylic acids is 1. The van der Waals surface area contributed by atoms with E-state index in [0.717, 1.165) is 32.4 Å². The van der Waals surface area contributed by atoms with Crippen molar-refractivity contribution < 1.29 is 14.3 Å². The van der Waals surface area contributed by atoms with Crippen LogP contribution in [-0.4, -0.2) is 37.1 Å². The molecule has 1 amide bonds. The Morgan fingerprint density at radius 2 is 1.96 bits per heavy atom. The molecule has 0 radical (unpaired) electrons. The van der Waals surface area contributed by atoms with E-state index < -0.39 is 0 Å². The molecule has 0 spiro atoms. The minimum absolute atomic E-state index is 0.0156. The van der Waals surface area contributed by atoms with E-state index in [4.69, 9.17) is 21.1 Å². The molecule has 0 aliphatic carbocycles. The third kappa shape index (κ3) is 4.54. The Morgan fingerprint density at radius 1 is 1.26 bits per heavy atom. The maximum Gasteiger partial charge on any atom is 0.254 e. The number of rotatable bonds is 6. The molecule has 5 heteroatoms. The van der Waals surface area contributed by atoms with E-state index in [9.17, 15) is 4.79 Å². The van der Waals surface area contributed by atoms with Gasteiger partial charge in [-0.1, -0.05) is 25.4 Å². The third-order valence-corrected chi connectivity index (χ3v) is 4.36. The van der Waals surface area contributed by atoms with Crippen LogP contribution in [0.4, 0.5) is 0 Å². The average molecular weight is 340 g/mol. The number of halogens is 1. The number of hydrogen-bond donors (Lipinski definition) is 0. The predicted octanol–water partition coefficient (Wildman–Crippen LogP) is 4.40. The lowest BCUT2D eigenvalue weighted by atomic mass is 9.98. The van der Waals surface area contributed by atoms with Gasteiger partial charge in [-0.15, -0.1) is 0 Å². The van der Waals surface area contributed by atoms with Gasteiger partial charge < -0.3 is 14.4 Å². The third-order valence-electron chi connectivity index (χ3n) is 4.08. The van der Waals surface area contributed by atoms with Gasteiger partial charge in [-0.25, -0.2) is 0 Å². The van der Waals surface area contributed by atoms with E-state index in [1.165, 1.54) is 0 Å². The van der Waals surface area contributed by atoms with Crippen LogP contribution >= 0.6 is 11.6 Å². The van der Waals surface area contributed by atoms with Crippen LogP contribution in [0.1, 0.15) is 50.4 Å². The second-order valence-electron chi connectivity index (χ2n) is 6.04. The van der Waals surface area contributed by atoms with E-state index in [-0.39, 0.29) is 5.91 Å². The molecule has 1 heterocycles. The smallest absolute Gasteiger partial charge is 0.254 e. The highest BCUT2D eigenvalue weighted by Gasteiger charge is 2.23. The Kier molecular flexibility index (Phi) is 6.58. The fourth-order valence-corrected chi connectivity index (χ4v) is 2.96. The van der Waals surface area contributed by atoms with Crippen LogP contribution in [-0.2, 0) is 0 Å². The summed E-state index contributed by atoms with van der Waals surface area (Å²) in [6.45, 7) is 8.83. The minimum Gasteiger partial charge on any atom is -0.490 e. The molecule has 1 aliphatic heterocycles. The Balaban J connectivity index is 2.23. The SMILES string of the molecule is CCCOc1c(Cl)cc(C(=O)N2CCC(C)CC2)cc1OCC. The molecule has 23 heavy (non-hydrogen) atoms. The fourth-order valence-electron chi connectivity index (χ4n) is 2.69. The number of nitrogens with zero attached hydrogens (tertiary/aromatic N) is 1. The molecule has 0 saturated carbocycles. The molecule has 1 aromatic carbocycles. The lowest BCUT2D eigenvalue weighted by molar-refractivity contribution is 0.0696. The van der Waals surface area contributed by atoms with Crippen LogP contribution in [0.15, 0.2) is 12.1 Å². The number of carbonyl (C=O) groups is 1. The van der Waals surface area contributed by atoms with Gasteiger partial charge in [0.05, 0.1) is 18.2 Å². The number of piperidine rings is 1. The van der Waals surface area contributed by atoms with Gasteiger partial charge in [0, 0.05) is 18.7 Å². The first-order valence-corrected chi connectivity index (χ1v) is 8.83. The molecule has 4 nitrogen and oxygen atoms in total. The van der Waals surface area contributed by atoms with Crippen LogP contribution in [0.2, 0.25) is 5.02 Å². The molecule has 1 fully saturated rings. The van der Waals surface area contributed by atoms with Crippen molar-refractivity contribution >= 4 is 17.5 Å². The monoisotopic (exact) mass is 339 g/mol. The molecule has 128 valence electrons. The quantitative estimate of drug-likeness (QED) is 0.771. The van der Waals surface area contributed by atoms with E-state index in [1.807, 2.05) is 18.7 Å². The fraction of sp³-hybridized carbons (Fsp3) is 0.611. The first kappa shape index (κ1) is 17.9. The summed E-state index contributed by atoms with van der Waals surface area (Å²) < 4.78 is 11.3. The molecular formula is C18H26ClNO3. The second kappa shape index (κ2) is 8.44. The Bertz CT molecular complexity index is 539. The summed E-state index contributed by atoms with van der Waals surface area (Å²) in [5.41, 5.74) is 0.567. The van der Waals surface area contributed by atoms with Crippen molar-refractivity contribution in [2.24, 2.45) is 5.92 Å². The van der Waals surface area contributed by atoms with Gasteiger partial charge in [0.2, 0.25) is 0 Å². The van der Waals surface area contributed by atoms with Crippen molar-refractivity contribution in [2.75, 3.05) is 26.3 Å². The minimum atomic E-state index is 0.0156. The highest BCUT2D eigenvalue weighted by Crippen LogP contribution is 2.37. The van der Waals surface area contributed by atoms with Gasteiger partial charge >= 0.3 is 0 Å². The van der Waals surface area contributed by atoms with Gasteiger partial charge in [0.15, 0.2) is 11.5 Å². The van der Waals surface area contributed by atoms with E-state index in [0.29, 0.717) is 41.2 Å². The maximum absolute atomic E-state index is 12.7. The second-order valence-corrected chi connectivity index (χ2v) is 6.45. The zero-order valence-corrected chi connectivity index (χ0v) is 15.0. The van der Waals surface area contributed by atoms with Gasteiger partial charge in [-0.05, 0) is 44.2 Å². The van der Waals surface area contributed by atoms with Gasteiger partial charge in [0.25, 0.3) is 5.91 Å². The van der Waals surface area contributed by atoms with Gasteiger partial charge in [-0.3, -0.25) is 4.79 Å². The van der Waals surface area contributed by atoms with Crippen molar-refractivity contribution in [1.29, 1.82) is 0 Å². The van der Waals surface area contributed by atoms with Crippen LogP contribution in [0.25, 0.3) is 0 Å². The van der Waals surface area contributed by atoms with E-state index in [2.05, 4.69) is 6.92 Å². The number of ether oxygens (including phenoxy) is 2. The Labute approximate surface area is 143 Å². The zero-order chi connectivity index (χ0) is 16.8. The highest BCUT2D eigenvalue weighted by atomic mass is 35.5. The van der Waals surface area contributed by atoms with Crippen LogP contribution < -0.4 is 9.47 Å². The summed E-state index contributed by atoms with van der Waals surface area (Å²) in [7, 11) is 0. The molecule has 0 N–H and O–H groups in total. The Hall–Kier alpha value is -1.42. The largest absolute Gasteiger partial charge is 0.490 e. The van der Waals surface area contributed by atoms with Crippen molar-refractivity contribution in [3.8, 4) is 11.5 Å². The number of likely N-dealkylation sites (tertiary alicyclic amines) is 1. The molecule has 0 unspecified atom stereocenters. The molecular weight excluding hydrogens is 314 g/mol. The molecule has 0 atom stereocenters. The highest BCUT2D eigenvalue weighted by molar-refractivity contribution is 6.32. The molecule has 0 aromatic heterocycles. The van der Waals surface area contributed by atoms with E-state index >= 15 is 0 Å². The molecule has 2 rings (SSSR count). The number of amides is 1. The van der Waals surface area contributed by atoms with E-state index in [1.54, 1.807) is 12.1 Å². The molecule has 0 bridgehead atoms. The molecule has 1 saturated heterocycles. The number of benzene rings is 1. The van der Waals surface area contributed by atoms with Crippen molar-refractivity contribution in [1.82, 2.24) is 4.90 Å². The standard InChI is InChI=1S/C18H26ClNO3/c1-4-10-23-17-15(19)11-14(12-16(17)22-5-2)18(21)20-8-6-13(3)7-9-20/h11-13H,4-10H2,1-3H3. The summed E-state index contributed by atoms with van der Waals surface area (Å²) in [6.07, 6.45) is 2.99. The van der Waals surface area contributed by atoms with Crippen molar-refractivity contribution in [3.05, 3.63) is 22.7 Å². The first-order chi connectivity index (χ1) is 11.1. The van der Waals surface area contributed by atoms with Crippen molar-refractivity contribution in [3.63, 3.8) is 0 Å². The number of hydrogen-bond acceptors (Lipinski definition) is 3. The first-order valence-electron chi connectivity index (χ1n) is 8.45. The summed E-state index contributed by atoms with van der Waals surface area (Å²) in [5, 5.41) is 0.429. The average Bonchev–Trinajstić information content (AvgIpc) is 2.54. The molecule has 1 aliphatic rings. The summed E-state index contributed by atoms with van der Waals surface area (Å²) >= 11 is 6.34. The van der Waals surface area contributed by atoms with Crippen LogP contribution in [0.5, 0.6) is 11.5 Å². The summed E-state index contributed by atoms with van der Waals surface area (Å²) in [6, 6.07) is 3.44. The predicted molar refractivity (Wildman–Crippen MR) is 92.7 cm³/mol. The lowest BCUT2D eigenvalue weighted by Crippen LogP contribution is -2.37. The Morgan fingerprint density at radius 3 is 2.57 bits per heavy atom. The maximum atomic E-state index is 12.7. The summed E-state index contributed by atoms with van der Waals surface area (Å²) in [5.74, 6) is 1.77. The topological polar surface area (TPSA) is 38.8 Å². The van der Waals surface area contributed by atoms with Crippen molar-refractivity contribution in [2.45, 2.75) is 40.0 Å². The lowest BCUT2D eigenvalue weighted by Gasteiger charge is -2.30. The van der Waals surface area contributed by atoms with Gasteiger partial charge in [0.1, 0.15) is 0 Å².